The second kappa shape index (κ2) is 4.54. The van der Waals surface area contributed by atoms with E-state index in [1.807, 2.05) is 26.0 Å². The highest BCUT2D eigenvalue weighted by Crippen LogP contribution is 2.29. The molecule has 1 N–H and O–H groups in total. The molecule has 0 fully saturated rings. The molecular formula is C11H12N2O2S2. The van der Waals surface area contributed by atoms with Crippen molar-refractivity contribution in [3.63, 3.8) is 0 Å². The Morgan fingerprint density at radius 3 is 2.82 bits per heavy atom. The van der Waals surface area contributed by atoms with Crippen LogP contribution in [0.15, 0.2) is 22.5 Å². The van der Waals surface area contributed by atoms with Gasteiger partial charge in [0.25, 0.3) is 0 Å². The molecule has 0 aliphatic carbocycles. The lowest BCUT2D eigenvalue weighted by Crippen LogP contribution is -2.35. The summed E-state index contributed by atoms with van der Waals surface area (Å²) in [6.45, 7) is 3.68. The first kappa shape index (κ1) is 12.2. The number of hydrogen-bond acceptors (Lipinski definition) is 4. The summed E-state index contributed by atoms with van der Waals surface area (Å²) in [4.78, 5) is 16.7. The lowest BCUT2D eigenvalue weighted by molar-refractivity contribution is 0.200. The van der Waals surface area contributed by atoms with Crippen molar-refractivity contribution in [3.05, 3.63) is 18.2 Å². The van der Waals surface area contributed by atoms with E-state index in [9.17, 15) is 9.90 Å². The second-order valence-corrected chi connectivity index (χ2v) is 5.65. The second-order valence-electron chi connectivity index (χ2n) is 3.89. The van der Waals surface area contributed by atoms with Crippen LogP contribution in [0.25, 0.3) is 10.2 Å². The zero-order valence-electron chi connectivity index (χ0n) is 9.41. The number of thiol groups is 1. The molecule has 0 saturated heterocycles. The number of anilines is 1. The van der Waals surface area contributed by atoms with Crippen LogP contribution in [0.4, 0.5) is 10.5 Å². The monoisotopic (exact) mass is 268 g/mol. The fourth-order valence-corrected chi connectivity index (χ4v) is 2.82. The molecular weight excluding hydrogens is 256 g/mol. The Kier molecular flexibility index (Phi) is 3.26. The molecule has 17 heavy (non-hydrogen) atoms. The van der Waals surface area contributed by atoms with Gasteiger partial charge in [-0.15, -0.1) is 24.0 Å². The molecule has 2 rings (SSSR count). The number of hydrogen-bond donors (Lipinski definition) is 2. The molecule has 0 radical (unpaired) electrons. The SMILES string of the molecule is CC(C)N(C(=O)O)c1ccc2nc(S)sc2c1. The first-order chi connectivity index (χ1) is 7.99. The minimum Gasteiger partial charge on any atom is -0.465 e. The summed E-state index contributed by atoms with van der Waals surface area (Å²) in [5.41, 5.74) is 1.51. The first-order valence-corrected chi connectivity index (χ1v) is 6.37. The topological polar surface area (TPSA) is 53.4 Å². The molecule has 1 heterocycles. The maximum Gasteiger partial charge on any atom is 0.412 e. The van der Waals surface area contributed by atoms with E-state index in [4.69, 9.17) is 0 Å². The van der Waals surface area contributed by atoms with E-state index in [1.54, 1.807) is 6.07 Å². The molecule has 0 aliphatic heterocycles. The number of nitrogens with zero attached hydrogens (tertiary/aromatic N) is 2. The molecule has 6 heteroatoms. The molecule has 1 aromatic carbocycles. The van der Waals surface area contributed by atoms with Gasteiger partial charge in [0.2, 0.25) is 0 Å². The third kappa shape index (κ3) is 2.37. The third-order valence-electron chi connectivity index (χ3n) is 2.36. The molecule has 0 atom stereocenters. The summed E-state index contributed by atoms with van der Waals surface area (Å²) in [6.07, 6.45) is -0.949. The van der Waals surface area contributed by atoms with Crippen LogP contribution < -0.4 is 4.90 Å². The average Bonchev–Trinajstić information content (AvgIpc) is 2.56. The predicted octanol–water partition coefficient (Wildman–Crippen LogP) is 3.48. The van der Waals surface area contributed by atoms with Gasteiger partial charge < -0.3 is 5.11 Å². The number of carboxylic acid groups (broad SMARTS) is 1. The largest absolute Gasteiger partial charge is 0.465 e. The molecule has 0 spiro atoms. The van der Waals surface area contributed by atoms with Crippen molar-refractivity contribution >= 4 is 46.0 Å². The minimum atomic E-state index is -0.949. The number of thiazole rings is 1. The Labute approximate surface area is 108 Å². The Hall–Kier alpha value is -1.27. The van der Waals surface area contributed by atoms with E-state index in [-0.39, 0.29) is 6.04 Å². The fourth-order valence-electron chi connectivity index (χ4n) is 1.68. The number of aromatic nitrogens is 1. The lowest BCUT2D eigenvalue weighted by Gasteiger charge is -2.23. The van der Waals surface area contributed by atoms with Crippen LogP contribution in [0.3, 0.4) is 0 Å². The number of benzene rings is 1. The normalized spacial score (nSPS) is 11.1. The highest BCUT2D eigenvalue weighted by atomic mass is 32.2. The Bertz CT molecular complexity index is 566. The molecule has 0 unspecified atom stereocenters. The van der Waals surface area contributed by atoms with Gasteiger partial charge in [-0.2, -0.15) is 0 Å². The molecule has 0 saturated carbocycles. The zero-order valence-corrected chi connectivity index (χ0v) is 11.1. The zero-order chi connectivity index (χ0) is 12.6. The van der Waals surface area contributed by atoms with Gasteiger partial charge in [-0.1, -0.05) is 0 Å². The maximum absolute atomic E-state index is 11.2. The number of carbonyl (C=O) groups is 1. The molecule has 0 aliphatic rings. The van der Waals surface area contributed by atoms with Gasteiger partial charge in [0.05, 0.1) is 10.2 Å². The third-order valence-corrected chi connectivity index (χ3v) is 3.56. The highest BCUT2D eigenvalue weighted by molar-refractivity contribution is 7.82. The van der Waals surface area contributed by atoms with Crippen molar-refractivity contribution in [2.24, 2.45) is 0 Å². The van der Waals surface area contributed by atoms with E-state index in [0.717, 1.165) is 10.2 Å². The minimum absolute atomic E-state index is 0.103. The van der Waals surface area contributed by atoms with E-state index in [1.165, 1.54) is 16.2 Å². The molecule has 4 nitrogen and oxygen atoms in total. The van der Waals surface area contributed by atoms with E-state index in [2.05, 4.69) is 17.6 Å². The number of amides is 1. The first-order valence-electron chi connectivity index (χ1n) is 5.10. The van der Waals surface area contributed by atoms with E-state index >= 15 is 0 Å². The van der Waals surface area contributed by atoms with Crippen LogP contribution in [0, 0.1) is 0 Å². The van der Waals surface area contributed by atoms with Crippen molar-refractivity contribution in [2.45, 2.75) is 24.2 Å². The highest BCUT2D eigenvalue weighted by Gasteiger charge is 2.18. The molecule has 90 valence electrons. The van der Waals surface area contributed by atoms with Gasteiger partial charge in [0, 0.05) is 11.7 Å². The summed E-state index contributed by atoms with van der Waals surface area (Å²) in [5.74, 6) is 0. The Morgan fingerprint density at radius 2 is 2.24 bits per heavy atom. The Balaban J connectivity index is 2.50. The maximum atomic E-state index is 11.2. The quantitative estimate of drug-likeness (QED) is 0.820. The summed E-state index contributed by atoms with van der Waals surface area (Å²) in [7, 11) is 0. The van der Waals surface area contributed by atoms with E-state index in [0.29, 0.717) is 10.0 Å². The van der Waals surface area contributed by atoms with Gasteiger partial charge in [-0.25, -0.2) is 9.78 Å². The van der Waals surface area contributed by atoms with Gasteiger partial charge in [0.1, 0.15) is 4.34 Å². The number of fused-ring (bicyclic) bond motifs is 1. The number of rotatable bonds is 2. The standard InChI is InChI=1S/C11H12N2O2S2/c1-6(2)13(11(14)15)7-3-4-8-9(5-7)17-10(16)12-8/h3-6H,1-2H3,(H,12,16)(H,14,15). The molecule has 2 aromatic rings. The van der Waals surface area contributed by atoms with Crippen molar-refractivity contribution < 1.29 is 9.90 Å². The van der Waals surface area contributed by atoms with Crippen LogP contribution in [0.1, 0.15) is 13.8 Å². The van der Waals surface area contributed by atoms with Crippen molar-refractivity contribution in [1.29, 1.82) is 0 Å². The van der Waals surface area contributed by atoms with Gasteiger partial charge >= 0.3 is 6.09 Å². The van der Waals surface area contributed by atoms with Gasteiger partial charge in [-0.3, -0.25) is 4.90 Å². The van der Waals surface area contributed by atoms with Gasteiger partial charge in [0.15, 0.2) is 0 Å². The van der Waals surface area contributed by atoms with Crippen LogP contribution in [0.5, 0.6) is 0 Å². The molecule has 0 bridgehead atoms. The van der Waals surface area contributed by atoms with E-state index < -0.39 is 6.09 Å². The van der Waals surface area contributed by atoms with Crippen LogP contribution in [0.2, 0.25) is 0 Å². The summed E-state index contributed by atoms with van der Waals surface area (Å²) in [5, 5.41) is 9.17. The summed E-state index contributed by atoms with van der Waals surface area (Å²) >= 11 is 5.63. The molecule has 1 aromatic heterocycles. The Morgan fingerprint density at radius 1 is 1.53 bits per heavy atom. The van der Waals surface area contributed by atoms with Crippen LogP contribution in [-0.2, 0) is 0 Å². The summed E-state index contributed by atoms with van der Waals surface area (Å²) in [6, 6.07) is 5.32. The van der Waals surface area contributed by atoms with Crippen molar-refractivity contribution in [1.82, 2.24) is 4.98 Å². The predicted molar refractivity (Wildman–Crippen MR) is 72.5 cm³/mol. The smallest absolute Gasteiger partial charge is 0.412 e. The van der Waals surface area contributed by atoms with Crippen LogP contribution >= 0.6 is 24.0 Å². The van der Waals surface area contributed by atoms with Crippen molar-refractivity contribution in [2.75, 3.05) is 4.90 Å². The van der Waals surface area contributed by atoms with Gasteiger partial charge in [-0.05, 0) is 32.0 Å². The van der Waals surface area contributed by atoms with Crippen LogP contribution in [-0.4, -0.2) is 22.2 Å². The average molecular weight is 268 g/mol. The molecule has 1 amide bonds. The lowest BCUT2D eigenvalue weighted by atomic mass is 10.2. The fraction of sp³-hybridized carbons (Fsp3) is 0.273. The van der Waals surface area contributed by atoms with Crippen molar-refractivity contribution in [3.8, 4) is 0 Å². The summed E-state index contributed by atoms with van der Waals surface area (Å²) < 4.78 is 1.63.